The van der Waals surface area contributed by atoms with Crippen molar-refractivity contribution in [3.8, 4) is 0 Å². The number of nitrogens with two attached hydrogens (primary N) is 1. The molecular formula is C13H21N3O5S. The van der Waals surface area contributed by atoms with E-state index >= 15 is 0 Å². The molecule has 124 valence electrons. The Balaban J connectivity index is 2.52. The molecule has 0 radical (unpaired) electrons. The normalized spacial score (nSPS) is 20.2. The summed E-state index contributed by atoms with van der Waals surface area (Å²) < 4.78 is 0. The van der Waals surface area contributed by atoms with E-state index in [9.17, 15) is 19.2 Å². The van der Waals surface area contributed by atoms with Gasteiger partial charge in [0.1, 0.15) is 6.54 Å². The summed E-state index contributed by atoms with van der Waals surface area (Å²) >= 11 is 1.14. The van der Waals surface area contributed by atoms with E-state index in [1.807, 2.05) is 0 Å². The predicted molar refractivity (Wildman–Crippen MR) is 81.1 cm³/mol. The minimum absolute atomic E-state index is 0.0875. The number of carboxylic acids is 1. The van der Waals surface area contributed by atoms with Gasteiger partial charge in [0, 0.05) is 17.7 Å². The molecule has 0 aromatic rings. The van der Waals surface area contributed by atoms with Crippen LogP contribution in [0.25, 0.3) is 0 Å². The van der Waals surface area contributed by atoms with Crippen molar-refractivity contribution in [1.29, 1.82) is 0 Å². The Morgan fingerprint density at radius 3 is 2.50 bits per heavy atom. The van der Waals surface area contributed by atoms with Crippen LogP contribution in [0.15, 0.2) is 0 Å². The van der Waals surface area contributed by atoms with Crippen molar-refractivity contribution < 1.29 is 24.3 Å². The van der Waals surface area contributed by atoms with Gasteiger partial charge in [-0.25, -0.2) is 0 Å². The number of imide groups is 1. The Labute approximate surface area is 132 Å². The second kappa shape index (κ2) is 7.10. The average molecular weight is 331 g/mol. The van der Waals surface area contributed by atoms with Gasteiger partial charge in [0.2, 0.25) is 17.7 Å². The Hall–Kier alpha value is -1.61. The summed E-state index contributed by atoms with van der Waals surface area (Å²) in [5.74, 6) is -2.14. The number of nitrogens with one attached hydrogen (secondary N) is 1. The van der Waals surface area contributed by atoms with Crippen LogP contribution in [0.1, 0.15) is 27.2 Å². The standard InChI is InChI=1S/C13H21N3O5S/c1-13(2,3)16-9(17)4-8(12(16)21)22-6-7(14)11(20)15-5-10(18)19/h7-8H,4-6,14H2,1-3H3,(H,15,20)(H,18,19). The summed E-state index contributed by atoms with van der Waals surface area (Å²) in [7, 11) is 0. The number of carbonyl (C=O) groups is 4. The van der Waals surface area contributed by atoms with Gasteiger partial charge in [-0.05, 0) is 20.8 Å². The third-order valence-corrected chi connectivity index (χ3v) is 4.33. The SMILES string of the molecule is CC(C)(C)N1C(=O)CC(SCC(N)C(=O)NCC(=O)O)C1=O. The van der Waals surface area contributed by atoms with Gasteiger partial charge in [-0.2, -0.15) is 0 Å². The average Bonchev–Trinajstić information content (AvgIpc) is 2.67. The highest BCUT2D eigenvalue weighted by Gasteiger charge is 2.44. The summed E-state index contributed by atoms with van der Waals surface area (Å²) in [5, 5.41) is 10.1. The lowest BCUT2D eigenvalue weighted by molar-refractivity contribution is -0.143. The number of carboxylic acid groups (broad SMARTS) is 1. The molecule has 1 aliphatic heterocycles. The number of amides is 3. The molecule has 1 fully saturated rings. The van der Waals surface area contributed by atoms with Crippen molar-refractivity contribution in [3.05, 3.63) is 0 Å². The van der Waals surface area contributed by atoms with Gasteiger partial charge in [-0.15, -0.1) is 11.8 Å². The van der Waals surface area contributed by atoms with Crippen molar-refractivity contribution in [2.45, 2.75) is 44.0 Å². The zero-order valence-electron chi connectivity index (χ0n) is 12.8. The highest BCUT2D eigenvalue weighted by molar-refractivity contribution is 8.00. The monoisotopic (exact) mass is 331 g/mol. The number of aliphatic carboxylic acids is 1. The van der Waals surface area contributed by atoms with Crippen LogP contribution in [0.4, 0.5) is 0 Å². The Morgan fingerprint density at radius 1 is 1.45 bits per heavy atom. The van der Waals surface area contributed by atoms with E-state index in [0.717, 1.165) is 11.8 Å². The molecular weight excluding hydrogens is 310 g/mol. The van der Waals surface area contributed by atoms with E-state index in [0.29, 0.717) is 0 Å². The number of thioether (sulfide) groups is 1. The molecule has 0 aliphatic carbocycles. The Kier molecular flexibility index (Phi) is 5.95. The van der Waals surface area contributed by atoms with Gasteiger partial charge < -0.3 is 16.2 Å². The zero-order valence-corrected chi connectivity index (χ0v) is 13.6. The number of nitrogens with zero attached hydrogens (tertiary/aromatic N) is 1. The van der Waals surface area contributed by atoms with Crippen molar-refractivity contribution in [2.75, 3.05) is 12.3 Å². The Bertz CT molecular complexity index is 489. The minimum Gasteiger partial charge on any atom is -0.480 e. The molecule has 2 atom stereocenters. The van der Waals surface area contributed by atoms with Crippen LogP contribution in [-0.2, 0) is 19.2 Å². The van der Waals surface area contributed by atoms with Crippen LogP contribution in [0, 0.1) is 0 Å². The fourth-order valence-electron chi connectivity index (χ4n) is 2.03. The van der Waals surface area contributed by atoms with Gasteiger partial charge in [0.05, 0.1) is 11.3 Å². The van der Waals surface area contributed by atoms with E-state index in [1.54, 1.807) is 20.8 Å². The molecule has 9 heteroatoms. The first-order valence-corrected chi connectivity index (χ1v) is 7.82. The van der Waals surface area contributed by atoms with E-state index in [-0.39, 0.29) is 24.0 Å². The van der Waals surface area contributed by atoms with Gasteiger partial charge >= 0.3 is 5.97 Å². The summed E-state index contributed by atoms with van der Waals surface area (Å²) in [6.45, 7) is 4.83. The number of likely N-dealkylation sites (tertiary alicyclic amines) is 1. The predicted octanol–water partition coefficient (Wildman–Crippen LogP) is -0.826. The summed E-state index contributed by atoms with van der Waals surface area (Å²) in [6.07, 6.45) is 0.0875. The van der Waals surface area contributed by atoms with E-state index < -0.39 is 35.3 Å². The fraction of sp³-hybridized carbons (Fsp3) is 0.692. The first kappa shape index (κ1) is 18.4. The van der Waals surface area contributed by atoms with Crippen molar-refractivity contribution in [1.82, 2.24) is 10.2 Å². The number of rotatable bonds is 6. The second-order valence-electron chi connectivity index (χ2n) is 5.98. The molecule has 8 nitrogen and oxygen atoms in total. The van der Waals surface area contributed by atoms with Gasteiger partial charge in [-0.1, -0.05) is 0 Å². The van der Waals surface area contributed by atoms with E-state index in [2.05, 4.69) is 5.32 Å². The third kappa shape index (κ3) is 4.70. The molecule has 0 spiro atoms. The molecule has 1 rings (SSSR count). The van der Waals surface area contributed by atoms with Gasteiger partial charge in [-0.3, -0.25) is 24.1 Å². The molecule has 3 amide bonds. The molecule has 1 aliphatic rings. The van der Waals surface area contributed by atoms with Crippen molar-refractivity contribution >= 4 is 35.5 Å². The lowest BCUT2D eigenvalue weighted by atomic mass is 10.1. The van der Waals surface area contributed by atoms with Crippen molar-refractivity contribution in [3.63, 3.8) is 0 Å². The molecule has 0 aromatic heterocycles. The van der Waals surface area contributed by atoms with Crippen LogP contribution in [0.5, 0.6) is 0 Å². The molecule has 22 heavy (non-hydrogen) atoms. The molecule has 1 saturated heterocycles. The maximum Gasteiger partial charge on any atom is 0.322 e. The third-order valence-electron chi connectivity index (χ3n) is 3.00. The van der Waals surface area contributed by atoms with Crippen LogP contribution < -0.4 is 11.1 Å². The quantitative estimate of drug-likeness (QED) is 0.542. The van der Waals surface area contributed by atoms with Crippen molar-refractivity contribution in [2.24, 2.45) is 5.73 Å². The van der Waals surface area contributed by atoms with E-state index in [4.69, 9.17) is 10.8 Å². The molecule has 2 unspecified atom stereocenters. The van der Waals surface area contributed by atoms with E-state index in [1.165, 1.54) is 4.90 Å². The maximum atomic E-state index is 12.2. The summed E-state index contributed by atoms with van der Waals surface area (Å²) in [6, 6.07) is -0.934. The largest absolute Gasteiger partial charge is 0.480 e. The van der Waals surface area contributed by atoms with Gasteiger partial charge in [0.15, 0.2) is 0 Å². The molecule has 0 saturated carbocycles. The van der Waals surface area contributed by atoms with Crippen LogP contribution in [0.3, 0.4) is 0 Å². The highest BCUT2D eigenvalue weighted by atomic mass is 32.2. The second-order valence-corrected chi connectivity index (χ2v) is 7.22. The maximum absolute atomic E-state index is 12.2. The summed E-state index contributed by atoms with van der Waals surface area (Å²) in [5.41, 5.74) is 5.07. The lowest BCUT2D eigenvalue weighted by Crippen LogP contribution is -2.46. The van der Waals surface area contributed by atoms with Crippen LogP contribution in [0.2, 0.25) is 0 Å². The van der Waals surface area contributed by atoms with Crippen LogP contribution in [-0.4, -0.2) is 62.8 Å². The zero-order chi connectivity index (χ0) is 17.1. The molecule has 0 aromatic carbocycles. The Morgan fingerprint density at radius 2 is 2.05 bits per heavy atom. The smallest absolute Gasteiger partial charge is 0.322 e. The molecule has 1 heterocycles. The fourth-order valence-corrected chi connectivity index (χ4v) is 3.13. The first-order chi connectivity index (χ1) is 10.0. The topological polar surface area (TPSA) is 130 Å². The highest BCUT2D eigenvalue weighted by Crippen LogP contribution is 2.30. The minimum atomic E-state index is -1.16. The molecule has 4 N–H and O–H groups in total. The first-order valence-electron chi connectivity index (χ1n) is 6.77. The number of carbonyl (C=O) groups excluding carboxylic acids is 3. The summed E-state index contributed by atoms with van der Waals surface area (Å²) in [4.78, 5) is 47.3. The van der Waals surface area contributed by atoms with Gasteiger partial charge in [0.25, 0.3) is 0 Å². The lowest BCUT2D eigenvalue weighted by Gasteiger charge is -2.30. The van der Waals surface area contributed by atoms with Crippen LogP contribution >= 0.6 is 11.8 Å². The number of hydrogen-bond acceptors (Lipinski definition) is 6. The number of hydrogen-bond donors (Lipinski definition) is 3. The molecule has 0 bridgehead atoms.